The van der Waals surface area contributed by atoms with Crippen LogP contribution < -0.4 is 5.32 Å². The lowest BCUT2D eigenvalue weighted by Crippen LogP contribution is -2.57. The van der Waals surface area contributed by atoms with E-state index in [1.165, 1.54) is 38.6 Å². The van der Waals surface area contributed by atoms with E-state index in [1.807, 2.05) is 0 Å². The molecule has 19 heavy (non-hydrogen) atoms. The Morgan fingerprint density at radius 2 is 2.11 bits per heavy atom. The van der Waals surface area contributed by atoms with Gasteiger partial charge in [0.1, 0.15) is 0 Å². The Bertz CT molecular complexity index is 327. The van der Waals surface area contributed by atoms with E-state index in [0.29, 0.717) is 30.5 Å². The fourth-order valence-electron chi connectivity index (χ4n) is 3.96. The third kappa shape index (κ3) is 2.95. The molecular formula is C15H27N3O. The normalized spacial score (nSPS) is 36.3. The topological polar surface area (TPSA) is 35.6 Å². The van der Waals surface area contributed by atoms with Crippen molar-refractivity contribution >= 4 is 5.91 Å². The van der Waals surface area contributed by atoms with Gasteiger partial charge in [0, 0.05) is 37.6 Å². The standard InChI is InChI=1S/C15H27N3O/c1-12-10-17-8-4-6-14(17)11-18(12)15(19)9-13-5-2-3-7-16-13/h12-14,16H,2-11H2,1H3. The summed E-state index contributed by atoms with van der Waals surface area (Å²) in [6, 6.07) is 1.46. The first-order valence-corrected chi connectivity index (χ1v) is 8.01. The van der Waals surface area contributed by atoms with Crippen molar-refractivity contribution in [3.05, 3.63) is 0 Å². The van der Waals surface area contributed by atoms with Gasteiger partial charge in [-0.1, -0.05) is 6.42 Å². The van der Waals surface area contributed by atoms with Gasteiger partial charge in [-0.05, 0) is 45.7 Å². The van der Waals surface area contributed by atoms with Crippen molar-refractivity contribution in [3.8, 4) is 0 Å². The molecule has 3 aliphatic rings. The molecule has 3 saturated heterocycles. The van der Waals surface area contributed by atoms with Gasteiger partial charge < -0.3 is 10.2 Å². The van der Waals surface area contributed by atoms with E-state index in [2.05, 4.69) is 22.0 Å². The largest absolute Gasteiger partial charge is 0.337 e. The van der Waals surface area contributed by atoms with Crippen LogP contribution in [-0.4, -0.2) is 60.0 Å². The van der Waals surface area contributed by atoms with E-state index in [-0.39, 0.29) is 0 Å². The molecule has 3 fully saturated rings. The quantitative estimate of drug-likeness (QED) is 0.815. The van der Waals surface area contributed by atoms with Crippen LogP contribution in [0.1, 0.15) is 45.4 Å². The average Bonchev–Trinajstić information content (AvgIpc) is 2.86. The number of nitrogens with zero attached hydrogens (tertiary/aromatic N) is 2. The van der Waals surface area contributed by atoms with Gasteiger partial charge in [0.2, 0.25) is 5.91 Å². The number of piperidine rings is 1. The first kappa shape index (κ1) is 13.4. The van der Waals surface area contributed by atoms with E-state index in [0.717, 1.165) is 19.6 Å². The van der Waals surface area contributed by atoms with Gasteiger partial charge in [-0.2, -0.15) is 0 Å². The zero-order chi connectivity index (χ0) is 13.2. The number of piperazine rings is 1. The van der Waals surface area contributed by atoms with Crippen molar-refractivity contribution in [1.29, 1.82) is 0 Å². The molecule has 108 valence electrons. The minimum Gasteiger partial charge on any atom is -0.337 e. The number of nitrogens with one attached hydrogen (secondary N) is 1. The monoisotopic (exact) mass is 265 g/mol. The molecule has 0 aromatic carbocycles. The highest BCUT2D eigenvalue weighted by Gasteiger charge is 2.36. The maximum Gasteiger partial charge on any atom is 0.224 e. The van der Waals surface area contributed by atoms with Crippen molar-refractivity contribution in [2.75, 3.05) is 26.2 Å². The molecule has 1 amide bonds. The molecule has 3 unspecified atom stereocenters. The fourth-order valence-corrected chi connectivity index (χ4v) is 3.96. The van der Waals surface area contributed by atoms with Crippen molar-refractivity contribution in [2.24, 2.45) is 0 Å². The Kier molecular flexibility index (Phi) is 4.08. The van der Waals surface area contributed by atoms with E-state index < -0.39 is 0 Å². The predicted octanol–water partition coefficient (Wildman–Crippen LogP) is 1.21. The summed E-state index contributed by atoms with van der Waals surface area (Å²) in [6.07, 6.45) is 7.00. The van der Waals surface area contributed by atoms with Crippen LogP contribution in [0.5, 0.6) is 0 Å². The van der Waals surface area contributed by atoms with Crippen molar-refractivity contribution in [2.45, 2.75) is 63.6 Å². The van der Waals surface area contributed by atoms with Crippen LogP contribution in [-0.2, 0) is 4.79 Å². The molecule has 3 atom stereocenters. The number of hydrogen-bond donors (Lipinski definition) is 1. The molecule has 0 spiro atoms. The van der Waals surface area contributed by atoms with Gasteiger partial charge in [-0.3, -0.25) is 9.69 Å². The number of fused-ring (bicyclic) bond motifs is 1. The lowest BCUT2D eigenvalue weighted by Gasteiger charge is -2.43. The Morgan fingerprint density at radius 1 is 1.21 bits per heavy atom. The van der Waals surface area contributed by atoms with Gasteiger partial charge in [-0.25, -0.2) is 0 Å². The third-order valence-corrected chi connectivity index (χ3v) is 5.09. The SMILES string of the molecule is CC1CN2CCCC2CN1C(=O)CC1CCCCN1. The van der Waals surface area contributed by atoms with E-state index in [9.17, 15) is 4.79 Å². The van der Waals surface area contributed by atoms with Gasteiger partial charge in [0.05, 0.1) is 0 Å². The molecule has 0 bridgehead atoms. The van der Waals surface area contributed by atoms with Crippen LogP contribution in [0.2, 0.25) is 0 Å². The molecule has 1 N–H and O–H groups in total. The number of hydrogen-bond acceptors (Lipinski definition) is 3. The summed E-state index contributed by atoms with van der Waals surface area (Å²) in [5.41, 5.74) is 0. The van der Waals surface area contributed by atoms with Gasteiger partial charge in [-0.15, -0.1) is 0 Å². The number of carbonyl (C=O) groups is 1. The molecule has 3 rings (SSSR count). The zero-order valence-corrected chi connectivity index (χ0v) is 12.1. The Balaban J connectivity index is 1.56. The Labute approximate surface area is 116 Å². The Hall–Kier alpha value is -0.610. The van der Waals surface area contributed by atoms with Crippen LogP contribution in [0.3, 0.4) is 0 Å². The van der Waals surface area contributed by atoms with Gasteiger partial charge in [0.15, 0.2) is 0 Å². The molecule has 4 heteroatoms. The second kappa shape index (κ2) is 5.80. The summed E-state index contributed by atoms with van der Waals surface area (Å²) >= 11 is 0. The summed E-state index contributed by atoms with van der Waals surface area (Å²) in [5, 5.41) is 3.49. The van der Waals surface area contributed by atoms with Crippen LogP contribution in [0.25, 0.3) is 0 Å². The second-order valence-corrected chi connectivity index (χ2v) is 6.54. The minimum atomic E-state index is 0.374. The number of rotatable bonds is 2. The summed E-state index contributed by atoms with van der Waals surface area (Å²) in [7, 11) is 0. The van der Waals surface area contributed by atoms with E-state index in [4.69, 9.17) is 0 Å². The maximum absolute atomic E-state index is 12.5. The summed E-state index contributed by atoms with van der Waals surface area (Å²) < 4.78 is 0. The molecule has 0 saturated carbocycles. The zero-order valence-electron chi connectivity index (χ0n) is 12.1. The highest BCUT2D eigenvalue weighted by Crippen LogP contribution is 2.25. The third-order valence-electron chi connectivity index (χ3n) is 5.09. The first-order chi connectivity index (χ1) is 9.24. The van der Waals surface area contributed by atoms with Crippen LogP contribution in [0.4, 0.5) is 0 Å². The van der Waals surface area contributed by atoms with E-state index in [1.54, 1.807) is 0 Å². The van der Waals surface area contributed by atoms with Gasteiger partial charge in [0.25, 0.3) is 0 Å². The summed E-state index contributed by atoms with van der Waals surface area (Å²) in [6.45, 7) is 6.58. The van der Waals surface area contributed by atoms with E-state index >= 15 is 0 Å². The van der Waals surface area contributed by atoms with Crippen molar-refractivity contribution in [3.63, 3.8) is 0 Å². The average molecular weight is 265 g/mol. The summed E-state index contributed by atoms with van der Waals surface area (Å²) in [4.78, 5) is 17.3. The predicted molar refractivity (Wildman–Crippen MR) is 76.0 cm³/mol. The molecule has 0 aromatic rings. The van der Waals surface area contributed by atoms with Crippen LogP contribution in [0, 0.1) is 0 Å². The molecular weight excluding hydrogens is 238 g/mol. The van der Waals surface area contributed by atoms with Crippen LogP contribution >= 0.6 is 0 Å². The van der Waals surface area contributed by atoms with Crippen LogP contribution in [0.15, 0.2) is 0 Å². The highest BCUT2D eigenvalue weighted by molar-refractivity contribution is 5.77. The molecule has 3 heterocycles. The number of carbonyl (C=O) groups excluding carboxylic acids is 1. The lowest BCUT2D eigenvalue weighted by atomic mass is 10.00. The fraction of sp³-hybridized carbons (Fsp3) is 0.933. The second-order valence-electron chi connectivity index (χ2n) is 6.54. The Morgan fingerprint density at radius 3 is 2.89 bits per heavy atom. The molecule has 0 radical (unpaired) electrons. The van der Waals surface area contributed by atoms with Crippen molar-refractivity contribution < 1.29 is 4.79 Å². The van der Waals surface area contributed by atoms with Gasteiger partial charge >= 0.3 is 0 Å². The lowest BCUT2D eigenvalue weighted by molar-refractivity contribution is -0.137. The highest BCUT2D eigenvalue weighted by atomic mass is 16.2. The molecule has 0 aliphatic carbocycles. The maximum atomic E-state index is 12.5. The molecule has 4 nitrogen and oxygen atoms in total. The smallest absolute Gasteiger partial charge is 0.224 e. The van der Waals surface area contributed by atoms with Crippen molar-refractivity contribution in [1.82, 2.24) is 15.1 Å². The first-order valence-electron chi connectivity index (χ1n) is 8.01. The number of amides is 1. The molecule has 0 aromatic heterocycles. The summed E-state index contributed by atoms with van der Waals surface area (Å²) in [5.74, 6) is 0.374. The molecule has 3 aliphatic heterocycles. The minimum absolute atomic E-state index is 0.374.